The average Bonchev–Trinajstić information content (AvgIpc) is 2.93. The standard InChI is InChI=1S/C12H17N5O3/c1-7-4-16(5-9(7)12(19)20)11(18)10-6-17(15-14-10)8-2-13-3-8/h6-9,13H,2-5H2,1H3,(H,19,20)/t7-,9-/m1/s1. The van der Waals surface area contributed by atoms with Crippen molar-refractivity contribution < 1.29 is 14.7 Å². The monoisotopic (exact) mass is 279 g/mol. The summed E-state index contributed by atoms with van der Waals surface area (Å²) < 4.78 is 1.69. The number of amides is 1. The molecule has 2 atom stereocenters. The molecule has 0 aromatic carbocycles. The lowest BCUT2D eigenvalue weighted by Gasteiger charge is -2.26. The summed E-state index contributed by atoms with van der Waals surface area (Å²) in [6, 6.07) is 0.258. The molecule has 2 fully saturated rings. The second-order valence-electron chi connectivity index (χ2n) is 5.53. The Labute approximate surface area is 115 Å². The molecule has 3 heterocycles. The van der Waals surface area contributed by atoms with Crippen LogP contribution >= 0.6 is 0 Å². The number of carboxylic acid groups (broad SMARTS) is 1. The van der Waals surface area contributed by atoms with Gasteiger partial charge in [0.05, 0.1) is 18.2 Å². The highest BCUT2D eigenvalue weighted by atomic mass is 16.4. The topological polar surface area (TPSA) is 100 Å². The van der Waals surface area contributed by atoms with Gasteiger partial charge in [-0.05, 0) is 5.92 Å². The van der Waals surface area contributed by atoms with Crippen LogP contribution in [-0.2, 0) is 4.79 Å². The first-order valence-corrected chi connectivity index (χ1v) is 6.71. The Morgan fingerprint density at radius 2 is 2.15 bits per heavy atom. The zero-order valence-electron chi connectivity index (χ0n) is 11.2. The van der Waals surface area contributed by atoms with E-state index in [1.165, 1.54) is 0 Å². The number of hydrogen-bond acceptors (Lipinski definition) is 5. The third-order valence-corrected chi connectivity index (χ3v) is 4.08. The zero-order chi connectivity index (χ0) is 14.3. The summed E-state index contributed by atoms with van der Waals surface area (Å²) in [6.07, 6.45) is 1.65. The van der Waals surface area contributed by atoms with E-state index in [4.69, 9.17) is 5.11 Å². The summed E-state index contributed by atoms with van der Waals surface area (Å²) in [6.45, 7) is 4.21. The number of nitrogens with one attached hydrogen (secondary N) is 1. The van der Waals surface area contributed by atoms with E-state index in [0.29, 0.717) is 6.54 Å². The molecular weight excluding hydrogens is 262 g/mol. The Morgan fingerprint density at radius 1 is 1.40 bits per heavy atom. The van der Waals surface area contributed by atoms with Gasteiger partial charge in [0.1, 0.15) is 0 Å². The Morgan fingerprint density at radius 3 is 2.70 bits per heavy atom. The molecule has 0 spiro atoms. The first-order valence-electron chi connectivity index (χ1n) is 6.71. The lowest BCUT2D eigenvalue weighted by atomic mass is 9.99. The van der Waals surface area contributed by atoms with E-state index in [-0.39, 0.29) is 30.1 Å². The molecule has 0 bridgehead atoms. The van der Waals surface area contributed by atoms with E-state index in [2.05, 4.69) is 15.6 Å². The van der Waals surface area contributed by atoms with Gasteiger partial charge in [-0.25, -0.2) is 4.68 Å². The van der Waals surface area contributed by atoms with Gasteiger partial charge in [-0.2, -0.15) is 0 Å². The van der Waals surface area contributed by atoms with Crippen LogP contribution in [0.25, 0.3) is 0 Å². The zero-order valence-corrected chi connectivity index (χ0v) is 11.2. The van der Waals surface area contributed by atoms with Gasteiger partial charge in [0.15, 0.2) is 5.69 Å². The Balaban J connectivity index is 1.70. The summed E-state index contributed by atoms with van der Waals surface area (Å²) >= 11 is 0. The first kappa shape index (κ1) is 13.0. The number of hydrogen-bond donors (Lipinski definition) is 2. The maximum absolute atomic E-state index is 12.3. The third kappa shape index (κ3) is 2.15. The van der Waals surface area contributed by atoms with Crippen LogP contribution < -0.4 is 5.32 Å². The summed E-state index contributed by atoms with van der Waals surface area (Å²) in [4.78, 5) is 24.9. The number of aromatic nitrogens is 3. The fraction of sp³-hybridized carbons (Fsp3) is 0.667. The van der Waals surface area contributed by atoms with Crippen molar-refractivity contribution in [3.8, 4) is 0 Å². The van der Waals surface area contributed by atoms with Crippen molar-refractivity contribution in [2.24, 2.45) is 11.8 Å². The quantitative estimate of drug-likeness (QED) is 0.752. The number of nitrogens with zero attached hydrogens (tertiary/aromatic N) is 4. The molecule has 2 saturated heterocycles. The number of likely N-dealkylation sites (tertiary alicyclic amines) is 1. The molecule has 2 N–H and O–H groups in total. The summed E-state index contributed by atoms with van der Waals surface area (Å²) in [7, 11) is 0. The highest BCUT2D eigenvalue weighted by Crippen LogP contribution is 2.24. The van der Waals surface area contributed by atoms with Gasteiger partial charge in [-0.15, -0.1) is 5.10 Å². The van der Waals surface area contributed by atoms with Crippen molar-refractivity contribution in [3.05, 3.63) is 11.9 Å². The highest BCUT2D eigenvalue weighted by Gasteiger charge is 2.38. The molecule has 0 aliphatic carbocycles. The second kappa shape index (κ2) is 4.86. The van der Waals surface area contributed by atoms with Gasteiger partial charge in [0.25, 0.3) is 5.91 Å². The minimum absolute atomic E-state index is 0.0395. The van der Waals surface area contributed by atoms with E-state index in [1.807, 2.05) is 6.92 Å². The smallest absolute Gasteiger partial charge is 0.308 e. The van der Waals surface area contributed by atoms with Crippen molar-refractivity contribution in [2.75, 3.05) is 26.2 Å². The second-order valence-corrected chi connectivity index (χ2v) is 5.53. The summed E-state index contributed by atoms with van der Waals surface area (Å²) in [5.74, 6) is -1.62. The summed E-state index contributed by atoms with van der Waals surface area (Å²) in [5, 5.41) is 20.1. The molecule has 1 aromatic heterocycles. The van der Waals surface area contributed by atoms with Crippen LogP contribution in [0.1, 0.15) is 23.5 Å². The van der Waals surface area contributed by atoms with Crippen molar-refractivity contribution >= 4 is 11.9 Å². The molecule has 20 heavy (non-hydrogen) atoms. The predicted octanol–water partition coefficient (Wildman–Crippen LogP) is -0.785. The maximum Gasteiger partial charge on any atom is 0.308 e. The Bertz CT molecular complexity index is 539. The first-order chi connectivity index (χ1) is 9.56. The van der Waals surface area contributed by atoms with Crippen LogP contribution in [0, 0.1) is 11.8 Å². The summed E-state index contributed by atoms with van der Waals surface area (Å²) in [5.41, 5.74) is 0.287. The molecule has 0 unspecified atom stereocenters. The van der Waals surface area contributed by atoms with Crippen molar-refractivity contribution in [1.82, 2.24) is 25.2 Å². The predicted molar refractivity (Wildman–Crippen MR) is 68.1 cm³/mol. The van der Waals surface area contributed by atoms with Crippen LogP contribution in [0.3, 0.4) is 0 Å². The van der Waals surface area contributed by atoms with Gasteiger partial charge in [0, 0.05) is 26.2 Å². The van der Waals surface area contributed by atoms with Crippen LogP contribution in [0.2, 0.25) is 0 Å². The fourth-order valence-corrected chi connectivity index (χ4v) is 2.63. The van der Waals surface area contributed by atoms with Gasteiger partial charge in [-0.1, -0.05) is 12.1 Å². The fourth-order valence-electron chi connectivity index (χ4n) is 2.63. The molecule has 2 aliphatic heterocycles. The van der Waals surface area contributed by atoms with Crippen molar-refractivity contribution in [1.29, 1.82) is 0 Å². The molecule has 1 amide bonds. The number of rotatable bonds is 3. The van der Waals surface area contributed by atoms with E-state index in [1.54, 1.807) is 15.8 Å². The molecular formula is C12H17N5O3. The molecule has 0 radical (unpaired) electrons. The maximum atomic E-state index is 12.3. The van der Waals surface area contributed by atoms with Crippen LogP contribution in [-0.4, -0.2) is 63.1 Å². The lowest BCUT2D eigenvalue weighted by molar-refractivity contribution is -0.142. The molecule has 8 heteroatoms. The largest absolute Gasteiger partial charge is 0.481 e. The average molecular weight is 279 g/mol. The van der Waals surface area contributed by atoms with E-state index in [0.717, 1.165) is 13.1 Å². The number of aliphatic carboxylic acids is 1. The van der Waals surface area contributed by atoms with Crippen molar-refractivity contribution in [3.63, 3.8) is 0 Å². The molecule has 2 aliphatic rings. The SMILES string of the molecule is C[C@@H]1CN(C(=O)c2cn(C3CNC3)nn2)C[C@H]1C(=O)O. The van der Waals surface area contributed by atoms with Gasteiger partial charge in [0.2, 0.25) is 0 Å². The molecule has 108 valence electrons. The van der Waals surface area contributed by atoms with Gasteiger partial charge in [-0.3, -0.25) is 9.59 Å². The Hall–Kier alpha value is -1.96. The van der Waals surface area contributed by atoms with E-state index >= 15 is 0 Å². The van der Waals surface area contributed by atoms with Crippen LogP contribution in [0.5, 0.6) is 0 Å². The minimum atomic E-state index is -0.850. The normalized spacial score (nSPS) is 26.6. The number of carboxylic acids is 1. The number of carbonyl (C=O) groups is 2. The lowest BCUT2D eigenvalue weighted by Crippen LogP contribution is -2.43. The molecule has 0 saturated carbocycles. The molecule has 3 rings (SSSR count). The van der Waals surface area contributed by atoms with Crippen LogP contribution in [0.15, 0.2) is 6.20 Å². The minimum Gasteiger partial charge on any atom is -0.481 e. The molecule has 1 aromatic rings. The van der Waals surface area contributed by atoms with Gasteiger partial charge < -0.3 is 15.3 Å². The van der Waals surface area contributed by atoms with Crippen LogP contribution in [0.4, 0.5) is 0 Å². The Kier molecular flexibility index (Phi) is 3.17. The third-order valence-electron chi connectivity index (χ3n) is 4.08. The van der Waals surface area contributed by atoms with E-state index in [9.17, 15) is 9.59 Å². The number of carbonyl (C=O) groups excluding carboxylic acids is 1. The van der Waals surface area contributed by atoms with E-state index < -0.39 is 11.9 Å². The molecule has 8 nitrogen and oxygen atoms in total. The van der Waals surface area contributed by atoms with Gasteiger partial charge >= 0.3 is 5.97 Å². The van der Waals surface area contributed by atoms with Crippen molar-refractivity contribution in [2.45, 2.75) is 13.0 Å². The highest BCUT2D eigenvalue weighted by molar-refractivity contribution is 5.92.